The topological polar surface area (TPSA) is 46.0 Å². The minimum Gasteiger partial charge on any atom is -0.504 e. The summed E-state index contributed by atoms with van der Waals surface area (Å²) in [6.07, 6.45) is 3.77. The molecule has 0 aliphatic heterocycles. The third-order valence-corrected chi connectivity index (χ3v) is 1.33. The average molecular weight is 150 g/mol. The van der Waals surface area contributed by atoms with E-state index in [0.717, 1.165) is 0 Å². The van der Waals surface area contributed by atoms with Gasteiger partial charge in [-0.15, -0.1) is 6.58 Å². The predicted molar refractivity (Wildman–Crippen MR) is 42.3 cm³/mol. The standard InChI is InChI=1S/C8H10N2O/c1-3-4-8-9-5-7(11)6(2)10-8/h3,5,11H,1,4H2,2H3. The van der Waals surface area contributed by atoms with Crippen LogP contribution in [-0.2, 0) is 6.42 Å². The molecule has 0 bridgehead atoms. The van der Waals surface area contributed by atoms with Crippen LogP contribution >= 0.6 is 0 Å². The van der Waals surface area contributed by atoms with Gasteiger partial charge in [-0.05, 0) is 6.92 Å². The molecule has 1 heterocycles. The number of nitrogens with zero attached hydrogens (tertiary/aromatic N) is 2. The van der Waals surface area contributed by atoms with Gasteiger partial charge < -0.3 is 5.11 Å². The largest absolute Gasteiger partial charge is 0.504 e. The van der Waals surface area contributed by atoms with E-state index in [9.17, 15) is 0 Å². The third kappa shape index (κ3) is 1.77. The first-order valence-electron chi connectivity index (χ1n) is 3.36. The highest BCUT2D eigenvalue weighted by Gasteiger charge is 1.98. The summed E-state index contributed by atoms with van der Waals surface area (Å²) in [7, 11) is 0. The van der Waals surface area contributed by atoms with Gasteiger partial charge in [0, 0.05) is 6.42 Å². The Kier molecular flexibility index (Phi) is 2.21. The molecule has 0 unspecified atom stereocenters. The van der Waals surface area contributed by atoms with Crippen LogP contribution in [0.3, 0.4) is 0 Å². The van der Waals surface area contributed by atoms with Gasteiger partial charge in [0.05, 0.1) is 11.9 Å². The molecule has 0 amide bonds. The molecule has 0 fully saturated rings. The molecular formula is C8H10N2O. The van der Waals surface area contributed by atoms with E-state index in [1.807, 2.05) is 0 Å². The van der Waals surface area contributed by atoms with Gasteiger partial charge in [-0.1, -0.05) is 6.08 Å². The molecule has 3 heteroatoms. The van der Waals surface area contributed by atoms with Gasteiger partial charge in [-0.3, -0.25) is 0 Å². The van der Waals surface area contributed by atoms with Crippen molar-refractivity contribution in [2.24, 2.45) is 0 Å². The zero-order valence-electron chi connectivity index (χ0n) is 6.41. The van der Waals surface area contributed by atoms with Crippen LogP contribution in [0.25, 0.3) is 0 Å². The average Bonchev–Trinajstić information content (AvgIpc) is 1.98. The van der Waals surface area contributed by atoms with Gasteiger partial charge in [-0.2, -0.15) is 0 Å². The number of aryl methyl sites for hydroxylation is 1. The first-order valence-corrected chi connectivity index (χ1v) is 3.36. The molecule has 1 rings (SSSR count). The summed E-state index contributed by atoms with van der Waals surface area (Å²) in [5.41, 5.74) is 0.608. The number of hydrogen-bond donors (Lipinski definition) is 1. The van der Waals surface area contributed by atoms with E-state index in [-0.39, 0.29) is 5.75 Å². The van der Waals surface area contributed by atoms with Crippen molar-refractivity contribution in [1.82, 2.24) is 9.97 Å². The van der Waals surface area contributed by atoms with Crippen molar-refractivity contribution in [3.05, 3.63) is 30.4 Å². The second-order valence-electron chi connectivity index (χ2n) is 2.25. The maximum absolute atomic E-state index is 9.06. The van der Waals surface area contributed by atoms with Crippen LogP contribution in [0.4, 0.5) is 0 Å². The maximum atomic E-state index is 9.06. The fourth-order valence-corrected chi connectivity index (χ4v) is 0.736. The van der Waals surface area contributed by atoms with E-state index < -0.39 is 0 Å². The smallest absolute Gasteiger partial charge is 0.155 e. The number of rotatable bonds is 2. The van der Waals surface area contributed by atoms with Gasteiger partial charge in [0.15, 0.2) is 5.75 Å². The summed E-state index contributed by atoms with van der Waals surface area (Å²) < 4.78 is 0. The first-order chi connectivity index (χ1) is 5.24. The Labute approximate surface area is 65.4 Å². The minimum atomic E-state index is 0.137. The Hall–Kier alpha value is -1.38. The molecule has 0 aliphatic rings. The summed E-state index contributed by atoms with van der Waals surface area (Å²) in [5.74, 6) is 0.827. The van der Waals surface area contributed by atoms with Crippen molar-refractivity contribution in [3.8, 4) is 5.75 Å². The van der Waals surface area contributed by atoms with E-state index in [1.54, 1.807) is 13.0 Å². The normalized spacial score (nSPS) is 9.55. The van der Waals surface area contributed by atoms with Crippen LogP contribution in [0.2, 0.25) is 0 Å². The molecule has 1 aromatic heterocycles. The molecule has 0 aromatic carbocycles. The van der Waals surface area contributed by atoms with Crippen LogP contribution in [-0.4, -0.2) is 15.1 Å². The van der Waals surface area contributed by atoms with Gasteiger partial charge in [0.1, 0.15) is 5.82 Å². The zero-order valence-corrected chi connectivity index (χ0v) is 6.41. The third-order valence-electron chi connectivity index (χ3n) is 1.33. The number of aromatic nitrogens is 2. The van der Waals surface area contributed by atoms with E-state index in [0.29, 0.717) is 17.9 Å². The molecule has 0 spiro atoms. The molecule has 11 heavy (non-hydrogen) atoms. The lowest BCUT2D eigenvalue weighted by molar-refractivity contribution is 0.463. The Balaban J connectivity index is 2.95. The molecule has 1 aromatic rings. The molecule has 0 saturated heterocycles. The molecule has 1 N–H and O–H groups in total. The fraction of sp³-hybridized carbons (Fsp3) is 0.250. The zero-order chi connectivity index (χ0) is 8.27. The molecule has 0 radical (unpaired) electrons. The number of allylic oxidation sites excluding steroid dienone is 1. The van der Waals surface area contributed by atoms with Crippen molar-refractivity contribution >= 4 is 0 Å². The summed E-state index contributed by atoms with van der Waals surface area (Å²) in [6, 6.07) is 0. The molecule has 3 nitrogen and oxygen atoms in total. The number of aromatic hydroxyl groups is 1. The second-order valence-corrected chi connectivity index (χ2v) is 2.25. The molecule has 0 saturated carbocycles. The van der Waals surface area contributed by atoms with Crippen LogP contribution in [0.15, 0.2) is 18.9 Å². The lowest BCUT2D eigenvalue weighted by Gasteiger charge is -1.98. The van der Waals surface area contributed by atoms with Gasteiger partial charge in [0.2, 0.25) is 0 Å². The van der Waals surface area contributed by atoms with Crippen molar-refractivity contribution in [2.75, 3.05) is 0 Å². The first kappa shape index (κ1) is 7.72. The van der Waals surface area contributed by atoms with Crippen molar-refractivity contribution < 1.29 is 5.11 Å². The summed E-state index contributed by atoms with van der Waals surface area (Å²) >= 11 is 0. The monoisotopic (exact) mass is 150 g/mol. The Morgan fingerprint density at radius 2 is 2.45 bits per heavy atom. The molecular weight excluding hydrogens is 140 g/mol. The predicted octanol–water partition coefficient (Wildman–Crippen LogP) is 1.22. The van der Waals surface area contributed by atoms with Gasteiger partial charge in [0.25, 0.3) is 0 Å². The summed E-state index contributed by atoms with van der Waals surface area (Å²) in [5, 5.41) is 9.06. The highest BCUT2D eigenvalue weighted by atomic mass is 16.3. The fourth-order valence-electron chi connectivity index (χ4n) is 0.736. The lowest BCUT2D eigenvalue weighted by Crippen LogP contribution is -1.94. The van der Waals surface area contributed by atoms with E-state index >= 15 is 0 Å². The minimum absolute atomic E-state index is 0.137. The van der Waals surface area contributed by atoms with E-state index in [2.05, 4.69) is 16.5 Å². The SMILES string of the molecule is C=CCc1ncc(O)c(C)n1. The molecule has 0 atom stereocenters. The quantitative estimate of drug-likeness (QED) is 0.645. The summed E-state index contributed by atoms with van der Waals surface area (Å²) in [6.45, 7) is 5.31. The van der Waals surface area contributed by atoms with E-state index in [4.69, 9.17) is 5.11 Å². The van der Waals surface area contributed by atoms with Crippen LogP contribution in [0.1, 0.15) is 11.5 Å². The summed E-state index contributed by atoms with van der Waals surface area (Å²) in [4.78, 5) is 7.93. The highest BCUT2D eigenvalue weighted by molar-refractivity contribution is 5.21. The lowest BCUT2D eigenvalue weighted by atomic mass is 10.3. The van der Waals surface area contributed by atoms with Crippen molar-refractivity contribution in [2.45, 2.75) is 13.3 Å². The van der Waals surface area contributed by atoms with Crippen LogP contribution < -0.4 is 0 Å². The molecule has 58 valence electrons. The maximum Gasteiger partial charge on any atom is 0.155 e. The molecule has 0 aliphatic carbocycles. The Morgan fingerprint density at radius 1 is 1.73 bits per heavy atom. The van der Waals surface area contributed by atoms with Crippen LogP contribution in [0, 0.1) is 6.92 Å². The van der Waals surface area contributed by atoms with Crippen molar-refractivity contribution in [3.63, 3.8) is 0 Å². The van der Waals surface area contributed by atoms with Gasteiger partial charge in [-0.25, -0.2) is 9.97 Å². The Bertz CT molecular complexity index is 271. The second kappa shape index (κ2) is 3.14. The van der Waals surface area contributed by atoms with Crippen LogP contribution in [0.5, 0.6) is 5.75 Å². The number of hydrogen-bond acceptors (Lipinski definition) is 3. The van der Waals surface area contributed by atoms with E-state index in [1.165, 1.54) is 6.20 Å². The Morgan fingerprint density at radius 3 is 3.00 bits per heavy atom. The van der Waals surface area contributed by atoms with Gasteiger partial charge >= 0.3 is 0 Å². The highest BCUT2D eigenvalue weighted by Crippen LogP contribution is 2.10. The van der Waals surface area contributed by atoms with Crippen molar-refractivity contribution in [1.29, 1.82) is 0 Å².